The highest BCUT2D eigenvalue weighted by atomic mass is 35.5. The predicted octanol–water partition coefficient (Wildman–Crippen LogP) is 5.86. The molecule has 0 atom stereocenters. The molecule has 0 radical (unpaired) electrons. The van der Waals surface area contributed by atoms with E-state index in [9.17, 15) is 0 Å². The van der Waals surface area contributed by atoms with Gasteiger partial charge in [0.05, 0.1) is 11.4 Å². The molecule has 0 unspecified atom stereocenters. The van der Waals surface area contributed by atoms with Gasteiger partial charge in [-0.1, -0.05) is 36.4 Å². The third kappa shape index (κ3) is 4.71. The van der Waals surface area contributed by atoms with Gasteiger partial charge in [0.2, 0.25) is 5.13 Å². The van der Waals surface area contributed by atoms with E-state index in [1.54, 1.807) is 6.08 Å². The molecule has 132 valence electrons. The van der Waals surface area contributed by atoms with Gasteiger partial charge in [0.1, 0.15) is 12.4 Å². The van der Waals surface area contributed by atoms with Crippen LogP contribution in [0.4, 0.5) is 5.13 Å². The van der Waals surface area contributed by atoms with Crippen molar-refractivity contribution >= 4 is 33.8 Å². The Morgan fingerprint density at radius 3 is 2.65 bits per heavy atom. The Morgan fingerprint density at radius 1 is 1.23 bits per heavy atom. The monoisotopic (exact) mass is 383 g/mol. The minimum Gasteiger partial charge on any atom is -0.490 e. The summed E-state index contributed by atoms with van der Waals surface area (Å²) in [5.74, 6) is 0.807. The average molecular weight is 384 g/mol. The molecule has 0 amide bonds. The Morgan fingerprint density at radius 2 is 1.96 bits per heavy atom. The van der Waals surface area contributed by atoms with Gasteiger partial charge < -0.3 is 4.74 Å². The van der Waals surface area contributed by atoms with Crippen molar-refractivity contribution in [3.8, 4) is 17.0 Å². The van der Waals surface area contributed by atoms with Gasteiger partial charge in [-0.25, -0.2) is 4.98 Å². The summed E-state index contributed by atoms with van der Waals surface area (Å²) >= 11 is 7.43. The number of aromatic nitrogens is 1. The van der Waals surface area contributed by atoms with E-state index in [4.69, 9.17) is 16.3 Å². The number of rotatable bonds is 7. The van der Waals surface area contributed by atoms with Crippen LogP contribution >= 0.6 is 22.9 Å². The van der Waals surface area contributed by atoms with Crippen LogP contribution in [0.25, 0.3) is 11.3 Å². The first-order valence-electron chi connectivity index (χ1n) is 8.01. The molecule has 6 heteroatoms. The van der Waals surface area contributed by atoms with Crippen LogP contribution in [-0.2, 0) is 0 Å². The first kappa shape index (κ1) is 18.2. The van der Waals surface area contributed by atoms with E-state index in [1.165, 1.54) is 11.3 Å². The molecule has 3 rings (SSSR count). The van der Waals surface area contributed by atoms with E-state index < -0.39 is 0 Å². The van der Waals surface area contributed by atoms with E-state index in [2.05, 4.69) is 22.1 Å². The van der Waals surface area contributed by atoms with E-state index in [0.717, 1.165) is 33.4 Å². The molecule has 0 aliphatic carbocycles. The molecular weight excluding hydrogens is 366 g/mol. The van der Waals surface area contributed by atoms with Crippen molar-refractivity contribution in [2.45, 2.75) is 6.92 Å². The topological polar surface area (TPSA) is 46.5 Å². The molecule has 0 fully saturated rings. The van der Waals surface area contributed by atoms with Crippen molar-refractivity contribution in [1.82, 2.24) is 4.98 Å². The van der Waals surface area contributed by atoms with Crippen molar-refractivity contribution in [1.29, 1.82) is 0 Å². The third-order valence-corrected chi connectivity index (χ3v) is 4.60. The van der Waals surface area contributed by atoms with Crippen LogP contribution in [0.1, 0.15) is 12.5 Å². The number of halogens is 1. The fourth-order valence-corrected chi connectivity index (χ4v) is 3.01. The maximum atomic E-state index is 5.92. The fraction of sp³-hybridized carbons (Fsp3) is 0.100. The van der Waals surface area contributed by atoms with Gasteiger partial charge in [-0.3, -0.25) is 5.43 Å². The molecule has 1 aromatic heterocycles. The normalized spacial score (nSPS) is 11.2. The molecule has 0 bridgehead atoms. The summed E-state index contributed by atoms with van der Waals surface area (Å²) < 4.78 is 5.48. The lowest BCUT2D eigenvalue weighted by atomic mass is 10.1. The highest BCUT2D eigenvalue weighted by Gasteiger charge is 2.05. The number of anilines is 1. The maximum Gasteiger partial charge on any atom is 0.203 e. The second kappa shape index (κ2) is 8.65. The Labute approximate surface area is 161 Å². The summed E-state index contributed by atoms with van der Waals surface area (Å²) in [6.07, 6.45) is 1.72. The molecule has 0 saturated heterocycles. The number of thiazole rings is 1. The summed E-state index contributed by atoms with van der Waals surface area (Å²) in [5.41, 5.74) is 6.81. The molecule has 1 N–H and O–H groups in total. The van der Waals surface area contributed by atoms with E-state index in [1.807, 2.05) is 60.8 Å². The number of hydrazone groups is 1. The van der Waals surface area contributed by atoms with Crippen molar-refractivity contribution < 1.29 is 4.74 Å². The largest absolute Gasteiger partial charge is 0.490 e. The number of benzene rings is 2. The van der Waals surface area contributed by atoms with E-state index in [0.29, 0.717) is 11.6 Å². The number of ether oxygens (including phenoxy) is 1. The second-order valence-electron chi connectivity index (χ2n) is 5.48. The van der Waals surface area contributed by atoms with Crippen molar-refractivity contribution in [2.75, 3.05) is 12.0 Å². The first-order valence-corrected chi connectivity index (χ1v) is 9.27. The van der Waals surface area contributed by atoms with Gasteiger partial charge in [0.15, 0.2) is 0 Å². The van der Waals surface area contributed by atoms with Gasteiger partial charge in [-0.2, -0.15) is 5.10 Å². The van der Waals surface area contributed by atoms with Gasteiger partial charge in [-0.05, 0) is 48.9 Å². The molecule has 1 heterocycles. The summed E-state index contributed by atoms with van der Waals surface area (Å²) in [7, 11) is 0. The van der Waals surface area contributed by atoms with Crippen LogP contribution in [0.3, 0.4) is 0 Å². The third-order valence-electron chi connectivity index (χ3n) is 3.60. The first-order chi connectivity index (χ1) is 12.7. The van der Waals surface area contributed by atoms with Gasteiger partial charge in [0.25, 0.3) is 0 Å². The van der Waals surface area contributed by atoms with Crippen LogP contribution < -0.4 is 10.2 Å². The maximum absolute atomic E-state index is 5.92. The summed E-state index contributed by atoms with van der Waals surface area (Å²) in [5, 5.41) is 7.85. The zero-order chi connectivity index (χ0) is 18.4. The number of hydrogen-bond acceptors (Lipinski definition) is 5. The van der Waals surface area contributed by atoms with Gasteiger partial charge in [-0.15, -0.1) is 11.3 Å². The van der Waals surface area contributed by atoms with Crippen molar-refractivity contribution in [2.24, 2.45) is 5.10 Å². The van der Waals surface area contributed by atoms with Gasteiger partial charge >= 0.3 is 0 Å². The lowest BCUT2D eigenvalue weighted by Crippen LogP contribution is -2.00. The molecule has 0 aliphatic rings. The minimum absolute atomic E-state index is 0.494. The quantitative estimate of drug-likeness (QED) is 0.315. The molecular formula is C20H18ClN3OS. The second-order valence-corrected chi connectivity index (χ2v) is 6.77. The molecule has 2 aromatic carbocycles. The molecule has 0 aliphatic heterocycles. The number of nitrogens with one attached hydrogen (secondary N) is 1. The summed E-state index contributed by atoms with van der Waals surface area (Å²) in [6, 6.07) is 15.4. The Bertz CT molecular complexity index is 902. The van der Waals surface area contributed by atoms with E-state index >= 15 is 0 Å². The minimum atomic E-state index is 0.494. The average Bonchev–Trinajstić information content (AvgIpc) is 3.14. The highest BCUT2D eigenvalue weighted by molar-refractivity contribution is 7.14. The lowest BCUT2D eigenvalue weighted by molar-refractivity contribution is 0.363. The zero-order valence-electron chi connectivity index (χ0n) is 14.3. The highest BCUT2D eigenvalue weighted by Crippen LogP contribution is 2.26. The van der Waals surface area contributed by atoms with Crippen LogP contribution in [-0.4, -0.2) is 17.3 Å². The van der Waals surface area contributed by atoms with Crippen molar-refractivity contribution in [3.63, 3.8) is 0 Å². The van der Waals surface area contributed by atoms with Crippen LogP contribution in [0.15, 0.2) is 71.7 Å². The standard InChI is InChI=1S/C20H18ClN3OS/c1-3-12-25-18-10-6-15(7-11-18)14(2)23-24-20-22-19(13-26-20)16-4-8-17(21)9-5-16/h3-11,13H,1,12H2,2H3,(H,22,24)/b23-14-. The summed E-state index contributed by atoms with van der Waals surface area (Å²) in [6.45, 7) is 6.08. The molecule has 26 heavy (non-hydrogen) atoms. The Balaban J connectivity index is 1.65. The molecule has 0 spiro atoms. The molecule has 4 nitrogen and oxygen atoms in total. The van der Waals surface area contributed by atoms with Crippen LogP contribution in [0, 0.1) is 0 Å². The predicted molar refractivity (Wildman–Crippen MR) is 111 cm³/mol. The number of nitrogens with zero attached hydrogens (tertiary/aromatic N) is 2. The summed E-state index contributed by atoms with van der Waals surface area (Å²) in [4.78, 5) is 4.55. The molecule has 0 saturated carbocycles. The van der Waals surface area contributed by atoms with E-state index in [-0.39, 0.29) is 0 Å². The van der Waals surface area contributed by atoms with Crippen LogP contribution in [0.5, 0.6) is 5.75 Å². The number of hydrogen-bond donors (Lipinski definition) is 1. The zero-order valence-corrected chi connectivity index (χ0v) is 15.8. The van der Waals surface area contributed by atoms with Crippen molar-refractivity contribution in [3.05, 3.63) is 77.2 Å². The Kier molecular flexibility index (Phi) is 6.04. The Hall–Kier alpha value is -2.63. The smallest absolute Gasteiger partial charge is 0.203 e. The molecule has 3 aromatic rings. The fourth-order valence-electron chi connectivity index (χ4n) is 2.22. The SMILES string of the molecule is C=CCOc1ccc(/C(C)=N\Nc2nc(-c3ccc(Cl)cc3)cs2)cc1. The lowest BCUT2D eigenvalue weighted by Gasteiger charge is -2.05. The van der Waals surface area contributed by atoms with Crippen LogP contribution in [0.2, 0.25) is 5.02 Å². The van der Waals surface area contributed by atoms with Gasteiger partial charge in [0, 0.05) is 16.0 Å².